The molecular weight excluding hydrogens is 344 g/mol. The van der Waals surface area contributed by atoms with E-state index in [0.29, 0.717) is 25.9 Å². The van der Waals surface area contributed by atoms with Gasteiger partial charge in [0.25, 0.3) is 0 Å². The van der Waals surface area contributed by atoms with Crippen molar-refractivity contribution in [2.45, 2.75) is 37.9 Å². The number of carbonyl (C=O) groups is 2. The molecule has 0 unspecified atom stereocenters. The maximum absolute atomic E-state index is 12.7. The Labute approximate surface area is 161 Å². The van der Waals surface area contributed by atoms with Crippen LogP contribution in [0.4, 0.5) is 0 Å². The minimum Gasteiger partial charge on any atom is -0.393 e. The average Bonchev–Trinajstić information content (AvgIpc) is 2.64. The van der Waals surface area contributed by atoms with Crippen LogP contribution in [0, 0.1) is 11.8 Å². The van der Waals surface area contributed by atoms with Gasteiger partial charge in [0.15, 0.2) is 0 Å². The van der Waals surface area contributed by atoms with E-state index in [9.17, 15) is 14.7 Å². The van der Waals surface area contributed by atoms with Crippen LogP contribution in [0.5, 0.6) is 0 Å². The summed E-state index contributed by atoms with van der Waals surface area (Å²) in [7, 11) is 3.45. The molecule has 3 rings (SSSR count). The van der Waals surface area contributed by atoms with Crippen LogP contribution < -0.4 is 0 Å². The second-order valence-electron chi connectivity index (χ2n) is 7.98. The zero-order valence-electron chi connectivity index (χ0n) is 16.2. The van der Waals surface area contributed by atoms with Crippen molar-refractivity contribution in [3.63, 3.8) is 0 Å². The third-order valence-corrected chi connectivity index (χ3v) is 5.70. The van der Waals surface area contributed by atoms with Gasteiger partial charge < -0.3 is 19.6 Å². The first-order chi connectivity index (χ1) is 12.9. The molecule has 2 aliphatic rings. The maximum Gasteiger partial charge on any atom is 0.248 e. The Morgan fingerprint density at radius 3 is 2.56 bits per heavy atom. The summed E-state index contributed by atoms with van der Waals surface area (Å²) in [6, 6.07) is 10.2. The van der Waals surface area contributed by atoms with Crippen molar-refractivity contribution < 1.29 is 19.4 Å². The lowest BCUT2D eigenvalue weighted by atomic mass is 9.80. The summed E-state index contributed by atoms with van der Waals surface area (Å²) in [5.74, 6) is 0.229. The Morgan fingerprint density at radius 1 is 1.22 bits per heavy atom. The number of amides is 2. The first-order valence-corrected chi connectivity index (χ1v) is 9.76. The number of rotatable bonds is 6. The van der Waals surface area contributed by atoms with Gasteiger partial charge in [-0.1, -0.05) is 30.3 Å². The summed E-state index contributed by atoms with van der Waals surface area (Å²) >= 11 is 0. The van der Waals surface area contributed by atoms with Gasteiger partial charge in [0, 0.05) is 39.0 Å². The second-order valence-corrected chi connectivity index (χ2v) is 7.98. The van der Waals surface area contributed by atoms with Crippen LogP contribution in [0.2, 0.25) is 0 Å². The molecule has 27 heavy (non-hydrogen) atoms. The van der Waals surface area contributed by atoms with Crippen LogP contribution in [-0.2, 0) is 20.7 Å². The predicted octanol–water partition coefficient (Wildman–Crippen LogP) is 1.32. The maximum atomic E-state index is 12.7. The third kappa shape index (κ3) is 5.08. The summed E-state index contributed by atoms with van der Waals surface area (Å²) in [6.07, 6.45) is 2.35. The highest BCUT2D eigenvalue weighted by molar-refractivity contribution is 5.80. The molecule has 6 nitrogen and oxygen atoms in total. The molecule has 1 aromatic carbocycles. The standard InChI is InChI=1S/C21H30N2O4/c1-22(2)20(25)14-27-19-8-9-23(21(26)16-11-18(24)12-16)13-17(19)10-15-6-4-3-5-7-15/h3-7,16-19,24H,8-14H2,1-2H3/t16?,17-,18?,19-/m1/s1. The molecule has 0 bridgehead atoms. The second kappa shape index (κ2) is 8.85. The minimum absolute atomic E-state index is 0.0369. The molecule has 148 valence electrons. The number of ether oxygens (including phenoxy) is 1. The largest absolute Gasteiger partial charge is 0.393 e. The highest BCUT2D eigenvalue weighted by Crippen LogP contribution is 2.32. The number of likely N-dealkylation sites (tertiary alicyclic amines) is 1. The van der Waals surface area contributed by atoms with Crippen molar-refractivity contribution in [1.29, 1.82) is 0 Å². The van der Waals surface area contributed by atoms with Crippen LogP contribution in [0.15, 0.2) is 30.3 Å². The summed E-state index contributed by atoms with van der Waals surface area (Å²) in [6.45, 7) is 1.37. The van der Waals surface area contributed by atoms with E-state index in [1.165, 1.54) is 10.5 Å². The molecule has 1 aromatic rings. The number of aliphatic hydroxyl groups excluding tert-OH is 1. The lowest BCUT2D eigenvalue weighted by molar-refractivity contribution is -0.150. The van der Waals surface area contributed by atoms with Gasteiger partial charge in [-0.3, -0.25) is 9.59 Å². The van der Waals surface area contributed by atoms with Gasteiger partial charge >= 0.3 is 0 Å². The molecule has 1 aliphatic carbocycles. The number of hydrogen-bond acceptors (Lipinski definition) is 4. The first-order valence-electron chi connectivity index (χ1n) is 9.76. The van der Waals surface area contributed by atoms with Gasteiger partial charge in [0.05, 0.1) is 12.2 Å². The molecule has 0 spiro atoms. The van der Waals surface area contributed by atoms with Gasteiger partial charge in [-0.15, -0.1) is 0 Å². The number of piperidine rings is 1. The summed E-state index contributed by atoms with van der Waals surface area (Å²) < 4.78 is 5.97. The number of nitrogens with zero attached hydrogens (tertiary/aromatic N) is 2. The van der Waals surface area contributed by atoms with Gasteiger partial charge in [-0.25, -0.2) is 0 Å². The van der Waals surface area contributed by atoms with Crippen LogP contribution in [0.3, 0.4) is 0 Å². The Morgan fingerprint density at radius 2 is 1.93 bits per heavy atom. The van der Waals surface area contributed by atoms with Gasteiger partial charge in [-0.2, -0.15) is 0 Å². The van der Waals surface area contributed by atoms with Crippen molar-refractivity contribution in [3.8, 4) is 0 Å². The van der Waals surface area contributed by atoms with Crippen LogP contribution in [-0.4, -0.2) is 72.7 Å². The average molecular weight is 374 g/mol. The molecule has 1 heterocycles. The number of benzene rings is 1. The van der Waals surface area contributed by atoms with Crippen LogP contribution in [0.25, 0.3) is 0 Å². The number of carbonyl (C=O) groups excluding carboxylic acids is 2. The molecule has 0 radical (unpaired) electrons. The highest BCUT2D eigenvalue weighted by Gasteiger charge is 2.39. The van der Waals surface area contributed by atoms with E-state index in [2.05, 4.69) is 12.1 Å². The summed E-state index contributed by atoms with van der Waals surface area (Å²) in [5.41, 5.74) is 1.21. The van der Waals surface area contributed by atoms with Crippen molar-refractivity contribution in [2.24, 2.45) is 11.8 Å². The van der Waals surface area contributed by atoms with E-state index in [4.69, 9.17) is 4.74 Å². The normalized spacial score (nSPS) is 27.7. The zero-order chi connectivity index (χ0) is 19.4. The first kappa shape index (κ1) is 19.8. The van der Waals surface area contributed by atoms with E-state index in [0.717, 1.165) is 12.8 Å². The molecule has 6 heteroatoms. The Bertz CT molecular complexity index is 643. The fourth-order valence-electron chi connectivity index (χ4n) is 3.90. The molecule has 1 N–H and O–H groups in total. The minimum atomic E-state index is -0.322. The van der Waals surface area contributed by atoms with Crippen LogP contribution >= 0.6 is 0 Å². The van der Waals surface area contributed by atoms with Crippen molar-refractivity contribution in [1.82, 2.24) is 9.80 Å². The monoisotopic (exact) mass is 374 g/mol. The van der Waals surface area contributed by atoms with Gasteiger partial charge in [-0.05, 0) is 31.2 Å². The molecule has 1 saturated heterocycles. The number of aliphatic hydroxyl groups is 1. The van der Waals surface area contributed by atoms with E-state index in [1.54, 1.807) is 14.1 Å². The molecule has 1 saturated carbocycles. The third-order valence-electron chi connectivity index (χ3n) is 5.70. The SMILES string of the molecule is CN(C)C(=O)CO[C@@H]1CCN(C(=O)C2CC(O)C2)C[C@H]1Cc1ccccc1. The summed E-state index contributed by atoms with van der Waals surface area (Å²) in [5, 5.41) is 9.49. The molecular formula is C21H30N2O4. The topological polar surface area (TPSA) is 70.1 Å². The number of hydrogen-bond donors (Lipinski definition) is 1. The molecule has 2 atom stereocenters. The zero-order valence-corrected chi connectivity index (χ0v) is 16.2. The van der Waals surface area contributed by atoms with E-state index >= 15 is 0 Å². The fourth-order valence-corrected chi connectivity index (χ4v) is 3.90. The Hall–Kier alpha value is -1.92. The van der Waals surface area contributed by atoms with Crippen molar-refractivity contribution in [3.05, 3.63) is 35.9 Å². The lowest BCUT2D eigenvalue weighted by Crippen LogP contribution is -2.52. The summed E-state index contributed by atoms with van der Waals surface area (Å²) in [4.78, 5) is 28.1. The van der Waals surface area contributed by atoms with E-state index < -0.39 is 0 Å². The Kier molecular flexibility index (Phi) is 6.50. The predicted molar refractivity (Wildman–Crippen MR) is 102 cm³/mol. The fraction of sp³-hybridized carbons (Fsp3) is 0.619. The van der Waals surface area contributed by atoms with Gasteiger partial charge in [0.1, 0.15) is 6.61 Å². The smallest absolute Gasteiger partial charge is 0.248 e. The molecule has 1 aliphatic heterocycles. The molecule has 2 fully saturated rings. The van der Waals surface area contributed by atoms with E-state index in [1.807, 2.05) is 23.1 Å². The molecule has 0 aromatic heterocycles. The highest BCUT2D eigenvalue weighted by atomic mass is 16.5. The van der Waals surface area contributed by atoms with Crippen molar-refractivity contribution in [2.75, 3.05) is 33.8 Å². The van der Waals surface area contributed by atoms with Crippen molar-refractivity contribution >= 4 is 11.8 Å². The van der Waals surface area contributed by atoms with Gasteiger partial charge in [0.2, 0.25) is 11.8 Å². The molecule has 2 amide bonds. The Balaban J connectivity index is 1.64. The van der Waals surface area contributed by atoms with E-state index in [-0.39, 0.29) is 42.5 Å². The number of likely N-dealkylation sites (N-methyl/N-ethyl adjacent to an activating group) is 1. The lowest BCUT2D eigenvalue weighted by Gasteiger charge is -2.42. The quantitative estimate of drug-likeness (QED) is 0.815. The van der Waals surface area contributed by atoms with Crippen LogP contribution in [0.1, 0.15) is 24.8 Å².